The summed E-state index contributed by atoms with van der Waals surface area (Å²) in [6.45, 7) is 4.72. The molecule has 0 atom stereocenters. The average Bonchev–Trinajstić information content (AvgIpc) is 2.31. The van der Waals surface area contributed by atoms with Crippen LogP contribution in [0.5, 0.6) is 0 Å². The number of hydrogen-bond acceptors (Lipinski definition) is 1. The van der Waals surface area contributed by atoms with Crippen LogP contribution in [0.1, 0.15) is 31.7 Å². The molecule has 1 fully saturated rings. The summed E-state index contributed by atoms with van der Waals surface area (Å²) in [5.74, 6) is 0. The topological polar surface area (TPSA) is 3.24 Å². The van der Waals surface area contributed by atoms with Crippen LogP contribution in [-0.4, -0.2) is 18.0 Å². The van der Waals surface area contributed by atoms with Gasteiger partial charge in [0.15, 0.2) is 0 Å². The zero-order valence-corrected chi connectivity index (χ0v) is 10.2. The Labute approximate surface area is 98.8 Å². The SMILES string of the molecule is C/C(=C\N1CCCCC1)Cc1ccccc1. The van der Waals surface area contributed by atoms with Crippen LogP contribution in [0.15, 0.2) is 42.1 Å². The summed E-state index contributed by atoms with van der Waals surface area (Å²) in [7, 11) is 0. The van der Waals surface area contributed by atoms with E-state index in [0.29, 0.717) is 0 Å². The fraction of sp³-hybridized carbons (Fsp3) is 0.467. The van der Waals surface area contributed by atoms with Crippen LogP contribution in [0, 0.1) is 0 Å². The molecule has 0 spiro atoms. The summed E-state index contributed by atoms with van der Waals surface area (Å²) < 4.78 is 0. The monoisotopic (exact) mass is 215 g/mol. The number of nitrogens with zero attached hydrogens (tertiary/aromatic N) is 1. The molecule has 1 aromatic rings. The van der Waals surface area contributed by atoms with E-state index in [0.717, 1.165) is 6.42 Å². The van der Waals surface area contributed by atoms with E-state index in [1.165, 1.54) is 43.5 Å². The van der Waals surface area contributed by atoms with Crippen LogP contribution in [0.2, 0.25) is 0 Å². The van der Waals surface area contributed by atoms with Gasteiger partial charge in [0.1, 0.15) is 0 Å². The number of hydrogen-bond donors (Lipinski definition) is 0. The largest absolute Gasteiger partial charge is 0.377 e. The molecule has 0 amide bonds. The highest BCUT2D eigenvalue weighted by atomic mass is 15.1. The van der Waals surface area contributed by atoms with Gasteiger partial charge in [0.2, 0.25) is 0 Å². The molecule has 2 rings (SSSR count). The van der Waals surface area contributed by atoms with Gasteiger partial charge in [-0.05, 0) is 44.4 Å². The van der Waals surface area contributed by atoms with E-state index in [1.54, 1.807) is 0 Å². The Morgan fingerprint density at radius 1 is 1.12 bits per heavy atom. The molecule has 0 aliphatic carbocycles. The average molecular weight is 215 g/mol. The van der Waals surface area contributed by atoms with Crippen molar-refractivity contribution in [2.24, 2.45) is 0 Å². The Balaban J connectivity index is 1.91. The molecule has 1 saturated heterocycles. The van der Waals surface area contributed by atoms with Crippen molar-refractivity contribution in [1.29, 1.82) is 0 Å². The van der Waals surface area contributed by atoms with Crippen LogP contribution >= 0.6 is 0 Å². The van der Waals surface area contributed by atoms with Crippen LogP contribution in [0.25, 0.3) is 0 Å². The van der Waals surface area contributed by atoms with E-state index in [4.69, 9.17) is 0 Å². The summed E-state index contributed by atoms with van der Waals surface area (Å²) >= 11 is 0. The highest BCUT2D eigenvalue weighted by Crippen LogP contribution is 2.13. The number of rotatable bonds is 3. The van der Waals surface area contributed by atoms with Gasteiger partial charge in [-0.25, -0.2) is 0 Å². The Morgan fingerprint density at radius 3 is 2.50 bits per heavy atom. The minimum Gasteiger partial charge on any atom is -0.377 e. The van der Waals surface area contributed by atoms with Crippen molar-refractivity contribution < 1.29 is 0 Å². The Kier molecular flexibility index (Phi) is 4.03. The summed E-state index contributed by atoms with van der Waals surface area (Å²) in [4.78, 5) is 2.47. The summed E-state index contributed by atoms with van der Waals surface area (Å²) in [5, 5.41) is 0. The first-order valence-corrected chi connectivity index (χ1v) is 6.30. The van der Waals surface area contributed by atoms with Crippen molar-refractivity contribution in [1.82, 2.24) is 4.90 Å². The van der Waals surface area contributed by atoms with E-state index in [-0.39, 0.29) is 0 Å². The van der Waals surface area contributed by atoms with Gasteiger partial charge < -0.3 is 4.90 Å². The van der Waals surface area contributed by atoms with Crippen LogP contribution in [0.4, 0.5) is 0 Å². The molecule has 1 heteroatoms. The maximum Gasteiger partial charge on any atom is 0.0172 e. The van der Waals surface area contributed by atoms with Gasteiger partial charge >= 0.3 is 0 Å². The Bertz CT molecular complexity index is 334. The smallest absolute Gasteiger partial charge is 0.0172 e. The second kappa shape index (κ2) is 5.74. The lowest BCUT2D eigenvalue weighted by Crippen LogP contribution is -2.24. The number of benzene rings is 1. The molecule has 86 valence electrons. The van der Waals surface area contributed by atoms with Crippen molar-refractivity contribution in [3.8, 4) is 0 Å². The molecule has 0 radical (unpaired) electrons. The highest BCUT2D eigenvalue weighted by Gasteiger charge is 2.06. The van der Waals surface area contributed by atoms with E-state index in [2.05, 4.69) is 48.4 Å². The van der Waals surface area contributed by atoms with E-state index in [1.807, 2.05) is 0 Å². The van der Waals surface area contributed by atoms with E-state index >= 15 is 0 Å². The molecule has 16 heavy (non-hydrogen) atoms. The Morgan fingerprint density at radius 2 is 1.81 bits per heavy atom. The number of likely N-dealkylation sites (tertiary alicyclic amines) is 1. The van der Waals surface area contributed by atoms with Gasteiger partial charge in [0, 0.05) is 13.1 Å². The molecule has 0 unspecified atom stereocenters. The molecule has 0 N–H and O–H groups in total. The molecule has 1 aliphatic heterocycles. The first-order chi connectivity index (χ1) is 7.84. The third-order valence-corrected chi connectivity index (χ3v) is 3.12. The molecule has 0 saturated carbocycles. The summed E-state index contributed by atoms with van der Waals surface area (Å²) in [6, 6.07) is 10.7. The molecular weight excluding hydrogens is 194 g/mol. The van der Waals surface area contributed by atoms with Crippen molar-refractivity contribution in [3.05, 3.63) is 47.7 Å². The zero-order chi connectivity index (χ0) is 11.2. The molecular formula is C15H21N. The van der Waals surface area contributed by atoms with Crippen LogP contribution in [0.3, 0.4) is 0 Å². The van der Waals surface area contributed by atoms with Gasteiger partial charge in [-0.2, -0.15) is 0 Å². The molecule has 1 aromatic carbocycles. The maximum atomic E-state index is 2.47. The van der Waals surface area contributed by atoms with Crippen LogP contribution in [-0.2, 0) is 6.42 Å². The van der Waals surface area contributed by atoms with Crippen molar-refractivity contribution in [2.45, 2.75) is 32.6 Å². The molecule has 1 aliphatic rings. The van der Waals surface area contributed by atoms with Gasteiger partial charge in [-0.1, -0.05) is 35.9 Å². The second-order valence-corrected chi connectivity index (χ2v) is 4.73. The standard InChI is InChI=1S/C15H21N/c1-14(12-15-8-4-2-5-9-15)13-16-10-6-3-7-11-16/h2,4-5,8-9,13H,3,6-7,10-12H2,1H3/b14-13+. The lowest BCUT2D eigenvalue weighted by molar-refractivity contribution is 0.307. The van der Waals surface area contributed by atoms with E-state index in [9.17, 15) is 0 Å². The maximum absolute atomic E-state index is 2.47. The lowest BCUT2D eigenvalue weighted by Gasteiger charge is -2.25. The molecule has 0 aromatic heterocycles. The van der Waals surface area contributed by atoms with Gasteiger partial charge in [-0.15, -0.1) is 0 Å². The van der Waals surface area contributed by atoms with Crippen molar-refractivity contribution in [3.63, 3.8) is 0 Å². The lowest BCUT2D eigenvalue weighted by atomic mass is 10.1. The minimum atomic E-state index is 1.08. The third kappa shape index (κ3) is 3.41. The van der Waals surface area contributed by atoms with Gasteiger partial charge in [0.05, 0.1) is 0 Å². The van der Waals surface area contributed by atoms with Crippen molar-refractivity contribution >= 4 is 0 Å². The van der Waals surface area contributed by atoms with E-state index < -0.39 is 0 Å². The zero-order valence-electron chi connectivity index (χ0n) is 10.2. The normalized spacial score (nSPS) is 17.6. The fourth-order valence-corrected chi connectivity index (χ4v) is 2.32. The minimum absolute atomic E-state index is 1.08. The highest BCUT2D eigenvalue weighted by molar-refractivity contribution is 5.20. The molecule has 0 bridgehead atoms. The van der Waals surface area contributed by atoms with Gasteiger partial charge in [-0.3, -0.25) is 0 Å². The summed E-state index contributed by atoms with van der Waals surface area (Å²) in [6.07, 6.45) is 7.55. The number of allylic oxidation sites excluding steroid dienone is 1. The van der Waals surface area contributed by atoms with Crippen molar-refractivity contribution in [2.75, 3.05) is 13.1 Å². The van der Waals surface area contributed by atoms with Gasteiger partial charge in [0.25, 0.3) is 0 Å². The predicted octanol–water partition coefficient (Wildman–Crippen LogP) is 3.62. The van der Waals surface area contributed by atoms with Crippen LogP contribution < -0.4 is 0 Å². The fourth-order valence-electron chi connectivity index (χ4n) is 2.32. The molecule has 1 nitrogen and oxygen atoms in total. The first kappa shape index (κ1) is 11.3. The number of piperidine rings is 1. The molecule has 1 heterocycles. The second-order valence-electron chi connectivity index (χ2n) is 4.73. The first-order valence-electron chi connectivity index (χ1n) is 6.30. The predicted molar refractivity (Wildman–Crippen MR) is 69.3 cm³/mol. The summed E-state index contributed by atoms with van der Waals surface area (Å²) in [5.41, 5.74) is 2.88. The Hall–Kier alpha value is -1.24. The third-order valence-electron chi connectivity index (χ3n) is 3.12. The quantitative estimate of drug-likeness (QED) is 0.744.